The number of amides is 1. The van der Waals surface area contributed by atoms with Crippen LogP contribution in [-0.2, 0) is 10.8 Å². The van der Waals surface area contributed by atoms with Crippen LogP contribution in [0.1, 0.15) is 23.7 Å². The van der Waals surface area contributed by atoms with E-state index in [2.05, 4.69) is 10.7 Å². The van der Waals surface area contributed by atoms with Gasteiger partial charge in [-0.1, -0.05) is 13.0 Å². The SMILES string of the molecule is CC(CCNC(=O)c1cccc([N+](=O)[O-])c1NN)S(C)=O. The first-order valence-corrected chi connectivity index (χ1v) is 7.85. The Morgan fingerprint density at radius 3 is 2.71 bits per heavy atom. The molecule has 0 radical (unpaired) electrons. The van der Waals surface area contributed by atoms with Crippen LogP contribution in [0, 0.1) is 10.1 Å². The van der Waals surface area contributed by atoms with Crippen molar-refractivity contribution >= 4 is 28.1 Å². The molecule has 0 bridgehead atoms. The standard InChI is InChI=1S/C12H18N4O4S/c1-8(21(2)20)6-7-14-12(17)9-4-3-5-10(16(18)19)11(9)15-13/h3-5,8,15H,6-7,13H2,1-2H3,(H,14,17). The lowest BCUT2D eigenvalue weighted by Crippen LogP contribution is -2.28. The Kier molecular flexibility index (Phi) is 6.25. The average Bonchev–Trinajstić information content (AvgIpc) is 2.45. The number of nitrogen functional groups attached to an aromatic ring is 1. The molecular formula is C12H18N4O4S. The number of nitro benzene ring substituents is 1. The normalized spacial score (nSPS) is 13.3. The Labute approximate surface area is 124 Å². The van der Waals surface area contributed by atoms with Crippen LogP contribution < -0.4 is 16.6 Å². The Bertz CT molecular complexity index is 564. The van der Waals surface area contributed by atoms with E-state index in [-0.39, 0.29) is 22.2 Å². The minimum Gasteiger partial charge on any atom is -0.352 e. The number of para-hydroxylation sites is 1. The second kappa shape index (κ2) is 7.70. The van der Waals surface area contributed by atoms with Crippen molar-refractivity contribution in [2.45, 2.75) is 18.6 Å². The fourth-order valence-electron chi connectivity index (χ4n) is 1.68. The number of carbonyl (C=O) groups is 1. The predicted octanol–water partition coefficient (Wildman–Crippen LogP) is 0.767. The van der Waals surface area contributed by atoms with Crippen molar-refractivity contribution in [3.05, 3.63) is 33.9 Å². The van der Waals surface area contributed by atoms with Crippen LogP contribution in [0.25, 0.3) is 0 Å². The zero-order valence-electron chi connectivity index (χ0n) is 11.8. The predicted molar refractivity (Wildman–Crippen MR) is 81.4 cm³/mol. The van der Waals surface area contributed by atoms with Gasteiger partial charge in [0.15, 0.2) is 0 Å². The number of benzene rings is 1. The lowest BCUT2D eigenvalue weighted by Gasteiger charge is -2.11. The molecule has 0 aliphatic rings. The van der Waals surface area contributed by atoms with Crippen molar-refractivity contribution in [3.63, 3.8) is 0 Å². The highest BCUT2D eigenvalue weighted by Crippen LogP contribution is 2.27. The summed E-state index contributed by atoms with van der Waals surface area (Å²) in [4.78, 5) is 22.3. The van der Waals surface area contributed by atoms with Gasteiger partial charge in [-0.2, -0.15) is 0 Å². The smallest absolute Gasteiger partial charge is 0.294 e. The van der Waals surface area contributed by atoms with E-state index in [0.29, 0.717) is 13.0 Å². The molecular weight excluding hydrogens is 296 g/mol. The molecule has 0 heterocycles. The van der Waals surface area contributed by atoms with Gasteiger partial charge in [-0.05, 0) is 12.5 Å². The third kappa shape index (κ3) is 4.50. The summed E-state index contributed by atoms with van der Waals surface area (Å²) in [6.07, 6.45) is 2.15. The highest BCUT2D eigenvalue weighted by Gasteiger charge is 2.20. The van der Waals surface area contributed by atoms with Crippen LogP contribution in [0.4, 0.5) is 11.4 Å². The van der Waals surface area contributed by atoms with Crippen LogP contribution in [0.5, 0.6) is 0 Å². The van der Waals surface area contributed by atoms with Crippen LogP contribution in [0.15, 0.2) is 18.2 Å². The molecule has 0 saturated heterocycles. The fraction of sp³-hybridized carbons (Fsp3) is 0.417. The second-order valence-corrected chi connectivity index (χ2v) is 6.26. The molecule has 1 aromatic rings. The average molecular weight is 314 g/mol. The summed E-state index contributed by atoms with van der Waals surface area (Å²) in [6.45, 7) is 2.15. The first-order chi connectivity index (χ1) is 9.88. The number of anilines is 1. The zero-order chi connectivity index (χ0) is 16.0. The molecule has 2 atom stereocenters. The molecule has 2 unspecified atom stereocenters. The molecule has 0 spiro atoms. The van der Waals surface area contributed by atoms with E-state index >= 15 is 0 Å². The highest BCUT2D eigenvalue weighted by atomic mass is 32.2. The van der Waals surface area contributed by atoms with Gasteiger partial charge >= 0.3 is 0 Å². The van der Waals surface area contributed by atoms with Crippen molar-refractivity contribution in [2.24, 2.45) is 5.84 Å². The second-order valence-electron chi connectivity index (χ2n) is 4.45. The molecule has 1 rings (SSSR count). The molecule has 0 aromatic heterocycles. The van der Waals surface area contributed by atoms with Gasteiger partial charge in [0, 0.05) is 34.9 Å². The van der Waals surface area contributed by atoms with Crippen molar-refractivity contribution < 1.29 is 13.9 Å². The number of nitro groups is 1. The molecule has 116 valence electrons. The molecule has 8 nitrogen and oxygen atoms in total. The Balaban J connectivity index is 2.81. The van der Waals surface area contributed by atoms with Gasteiger partial charge < -0.3 is 10.7 Å². The van der Waals surface area contributed by atoms with Crippen LogP contribution in [0.3, 0.4) is 0 Å². The van der Waals surface area contributed by atoms with E-state index in [0.717, 1.165) is 0 Å². The van der Waals surface area contributed by atoms with Gasteiger partial charge in [0.05, 0.1) is 10.5 Å². The van der Waals surface area contributed by atoms with E-state index in [9.17, 15) is 19.1 Å². The van der Waals surface area contributed by atoms with Gasteiger partial charge in [0.25, 0.3) is 11.6 Å². The van der Waals surface area contributed by atoms with E-state index in [1.54, 1.807) is 6.26 Å². The van der Waals surface area contributed by atoms with Crippen LogP contribution >= 0.6 is 0 Å². The zero-order valence-corrected chi connectivity index (χ0v) is 12.6. The summed E-state index contributed by atoms with van der Waals surface area (Å²) < 4.78 is 11.2. The lowest BCUT2D eigenvalue weighted by atomic mass is 10.1. The van der Waals surface area contributed by atoms with Gasteiger partial charge in [0.2, 0.25) is 0 Å². The Hall–Kier alpha value is -2.00. The van der Waals surface area contributed by atoms with E-state index in [1.165, 1.54) is 18.2 Å². The topological polar surface area (TPSA) is 127 Å². The van der Waals surface area contributed by atoms with Crippen molar-refractivity contribution in [3.8, 4) is 0 Å². The van der Waals surface area contributed by atoms with Gasteiger partial charge in [-0.25, -0.2) is 0 Å². The van der Waals surface area contributed by atoms with Crippen molar-refractivity contribution in [2.75, 3.05) is 18.2 Å². The van der Waals surface area contributed by atoms with Gasteiger partial charge in [0.1, 0.15) is 5.69 Å². The molecule has 0 fully saturated rings. The summed E-state index contributed by atoms with van der Waals surface area (Å²) in [5, 5.41) is 13.5. The number of hydrogen-bond acceptors (Lipinski definition) is 6. The molecule has 9 heteroatoms. The molecule has 0 aliphatic heterocycles. The fourth-order valence-corrected chi connectivity index (χ4v) is 2.13. The first-order valence-electron chi connectivity index (χ1n) is 6.23. The van der Waals surface area contributed by atoms with Crippen molar-refractivity contribution in [1.29, 1.82) is 0 Å². The summed E-state index contributed by atoms with van der Waals surface area (Å²) in [5.74, 6) is 4.80. The van der Waals surface area contributed by atoms with Gasteiger partial charge in [-0.15, -0.1) is 0 Å². The molecule has 0 aliphatic carbocycles. The quantitative estimate of drug-likeness (QED) is 0.387. The van der Waals surface area contributed by atoms with Crippen molar-refractivity contribution in [1.82, 2.24) is 5.32 Å². The number of nitrogens with one attached hydrogen (secondary N) is 2. The molecule has 21 heavy (non-hydrogen) atoms. The number of nitrogens with two attached hydrogens (primary N) is 1. The number of rotatable bonds is 7. The number of carbonyl (C=O) groups excluding carboxylic acids is 1. The monoisotopic (exact) mass is 314 g/mol. The van der Waals surface area contributed by atoms with E-state index < -0.39 is 21.6 Å². The van der Waals surface area contributed by atoms with E-state index in [1.807, 2.05) is 6.92 Å². The maximum absolute atomic E-state index is 12.0. The minimum absolute atomic E-state index is 0.0351. The largest absolute Gasteiger partial charge is 0.352 e. The Morgan fingerprint density at radius 1 is 1.52 bits per heavy atom. The minimum atomic E-state index is -0.958. The third-order valence-electron chi connectivity index (χ3n) is 3.03. The summed E-state index contributed by atoms with van der Waals surface area (Å²) in [5.41, 5.74) is 1.98. The van der Waals surface area contributed by atoms with E-state index in [4.69, 9.17) is 5.84 Å². The third-order valence-corrected chi connectivity index (χ3v) is 4.40. The summed E-state index contributed by atoms with van der Waals surface area (Å²) >= 11 is 0. The molecule has 1 aromatic carbocycles. The first kappa shape index (κ1) is 17.1. The maximum Gasteiger partial charge on any atom is 0.294 e. The highest BCUT2D eigenvalue weighted by molar-refractivity contribution is 7.84. The maximum atomic E-state index is 12.0. The Morgan fingerprint density at radius 2 is 2.19 bits per heavy atom. The molecule has 0 saturated carbocycles. The van der Waals surface area contributed by atoms with Crippen LogP contribution in [0.2, 0.25) is 0 Å². The molecule has 1 amide bonds. The lowest BCUT2D eigenvalue weighted by molar-refractivity contribution is -0.384. The summed E-state index contributed by atoms with van der Waals surface area (Å²) in [7, 11) is -0.958. The molecule has 4 N–H and O–H groups in total. The number of hydrazine groups is 1. The number of nitrogens with zero attached hydrogens (tertiary/aromatic N) is 1. The van der Waals surface area contributed by atoms with Crippen LogP contribution in [-0.4, -0.2) is 33.1 Å². The summed E-state index contributed by atoms with van der Waals surface area (Å²) in [6, 6.07) is 4.12. The number of hydrogen-bond donors (Lipinski definition) is 3. The van der Waals surface area contributed by atoms with Gasteiger partial charge in [-0.3, -0.25) is 25.0 Å².